The number of fused-ring (bicyclic) bond motifs is 5. The fourth-order valence-corrected chi connectivity index (χ4v) is 10.1. The molecule has 3 fully saturated rings. The molecular weight excluding hydrogens is 829 g/mol. The number of alkyl halides is 2. The molecule has 0 spiro atoms. The molecule has 0 bridgehead atoms. The minimum absolute atomic E-state index is 0.0189. The highest BCUT2D eigenvalue weighted by Gasteiger charge is 2.63. The van der Waals surface area contributed by atoms with E-state index < -0.39 is 85.7 Å². The number of allylic oxidation sites excluding steroid dienone is 1. The van der Waals surface area contributed by atoms with Crippen LogP contribution < -0.4 is 29.6 Å². The summed E-state index contributed by atoms with van der Waals surface area (Å²) in [6.45, 7) is 8.51. The second-order valence-electron chi connectivity index (χ2n) is 18.6. The molecule has 7 atom stereocenters. The Balaban J connectivity index is 1.26. The first kappa shape index (κ1) is 45.3. The average molecular weight is 888 g/mol. The number of hydrogen-bond acceptors (Lipinski definition) is 11. The number of nitrogens with zero attached hydrogens (tertiary/aromatic N) is 2. The third-order valence-electron chi connectivity index (χ3n) is 13.6. The number of aryl methyl sites for hydroxylation is 1. The second-order valence-corrected chi connectivity index (χ2v) is 20.8. The summed E-state index contributed by atoms with van der Waals surface area (Å²) in [5, 5.41) is 6.95. The number of pyridine rings is 1. The van der Waals surface area contributed by atoms with Crippen molar-refractivity contribution in [3.63, 3.8) is 0 Å². The third-order valence-corrected chi connectivity index (χ3v) is 15.8. The van der Waals surface area contributed by atoms with Crippen molar-refractivity contribution >= 4 is 44.6 Å². The molecule has 15 nitrogen and oxygen atoms in total. The molecular formula is C44H59F2N5O10S. The van der Waals surface area contributed by atoms with Crippen LogP contribution in [0.2, 0.25) is 0 Å². The molecule has 1 saturated heterocycles. The van der Waals surface area contributed by atoms with Crippen molar-refractivity contribution in [3.05, 3.63) is 35.9 Å². The Kier molecular flexibility index (Phi) is 12.2. The molecule has 3 aliphatic heterocycles. The fourth-order valence-electron chi connectivity index (χ4n) is 8.74. The van der Waals surface area contributed by atoms with Crippen molar-refractivity contribution in [3.8, 4) is 17.5 Å². The molecule has 0 radical (unpaired) electrons. The van der Waals surface area contributed by atoms with Crippen molar-refractivity contribution in [2.75, 3.05) is 20.3 Å². The zero-order chi connectivity index (χ0) is 45.0. The fraction of sp³-hybridized carbons (Fsp3) is 0.659. The number of rotatable bonds is 10. The number of amides is 4. The predicted octanol–water partition coefficient (Wildman–Crippen LogP) is 5.72. The van der Waals surface area contributed by atoms with Crippen molar-refractivity contribution in [1.82, 2.24) is 25.2 Å². The van der Waals surface area contributed by atoms with Crippen LogP contribution in [0.4, 0.5) is 13.6 Å². The van der Waals surface area contributed by atoms with Crippen molar-refractivity contribution < 1.29 is 55.3 Å². The molecule has 2 aromatic rings. The lowest BCUT2D eigenvalue weighted by Crippen LogP contribution is -2.60. The first-order chi connectivity index (χ1) is 29.1. The van der Waals surface area contributed by atoms with Crippen LogP contribution in [0.3, 0.4) is 0 Å². The lowest BCUT2D eigenvalue weighted by Gasteiger charge is -2.35. The number of sulfonamides is 1. The van der Waals surface area contributed by atoms with Crippen LogP contribution in [0.15, 0.2) is 30.4 Å². The number of alkyl carbamates (subject to hydrolysis) is 1. The molecule has 4 amide bonds. The Morgan fingerprint density at radius 3 is 2.55 bits per heavy atom. The second kappa shape index (κ2) is 16.8. The average Bonchev–Trinajstić information content (AvgIpc) is 4.09. The number of ether oxygens (including phenoxy) is 4. The molecule has 2 aliphatic carbocycles. The van der Waals surface area contributed by atoms with Crippen LogP contribution in [0.5, 0.6) is 17.5 Å². The lowest BCUT2D eigenvalue weighted by atomic mass is 9.85. The zero-order valence-electron chi connectivity index (χ0n) is 36.5. The van der Waals surface area contributed by atoms with Gasteiger partial charge >= 0.3 is 6.09 Å². The third kappa shape index (κ3) is 8.89. The summed E-state index contributed by atoms with van der Waals surface area (Å²) in [6.07, 6.45) is 6.11. The summed E-state index contributed by atoms with van der Waals surface area (Å²) in [6, 6.07) is 2.87. The van der Waals surface area contributed by atoms with Crippen LogP contribution in [0, 0.1) is 17.8 Å². The Morgan fingerprint density at radius 1 is 1.13 bits per heavy atom. The van der Waals surface area contributed by atoms with E-state index in [2.05, 4.69) is 15.4 Å². The summed E-state index contributed by atoms with van der Waals surface area (Å²) in [5.74, 6) is -5.49. The van der Waals surface area contributed by atoms with Gasteiger partial charge in [-0.25, -0.2) is 22.0 Å². The van der Waals surface area contributed by atoms with Gasteiger partial charge < -0.3 is 34.5 Å². The van der Waals surface area contributed by atoms with Gasteiger partial charge in [0.1, 0.15) is 29.5 Å². The van der Waals surface area contributed by atoms with Crippen molar-refractivity contribution in [2.24, 2.45) is 17.8 Å². The monoisotopic (exact) mass is 887 g/mol. The van der Waals surface area contributed by atoms with Crippen LogP contribution in [0.25, 0.3) is 10.8 Å². The minimum Gasteiger partial charge on any atom is -0.497 e. The largest absolute Gasteiger partial charge is 0.497 e. The van der Waals surface area contributed by atoms with Crippen LogP contribution in [0.1, 0.15) is 105 Å². The maximum Gasteiger partial charge on any atom is 0.408 e. The molecule has 3 N–H and O–H groups in total. The molecule has 4 heterocycles. The topological polar surface area (TPSA) is 192 Å². The van der Waals surface area contributed by atoms with Crippen molar-refractivity contribution in [1.29, 1.82) is 0 Å². The molecule has 340 valence electrons. The van der Waals surface area contributed by atoms with Gasteiger partial charge in [0.2, 0.25) is 33.6 Å². The van der Waals surface area contributed by atoms with Gasteiger partial charge in [-0.05, 0) is 108 Å². The number of benzene rings is 1. The Hall–Kier alpha value is -4.74. The van der Waals surface area contributed by atoms with Gasteiger partial charge in [-0.2, -0.15) is 4.98 Å². The standard InChI is InChI=1S/C44H59F2N5O10S/c1-8-26-20-25(2)12-9-10-13-27-23-44(27,39(54)50-62(56,57)42(5)17-18-42)49-35(52)33-22-29(24-51(33)38(53)34(26)47-40(55)61-41(3,4)43(6,45)46)60-37-31-16-15-28(58-7)21-32(31)30-14-11-19-59-36(30)48-37/h10,13,15-16,21,25-27,29,33-34H,8-9,11-12,14,17-20,22-24H2,1-7H3,(H,47,55)(H,49,52)(H,50,54)/b13-10-/t25-,26-,27-,29-,33+,34+,44-/m1/s1. The van der Waals surface area contributed by atoms with Crippen LogP contribution >= 0.6 is 0 Å². The number of aromatic nitrogens is 1. The van der Waals surface area contributed by atoms with Gasteiger partial charge in [0.25, 0.3) is 11.8 Å². The highest BCUT2D eigenvalue weighted by atomic mass is 32.2. The molecule has 2 saturated carbocycles. The number of nitrogens with one attached hydrogen (secondary N) is 3. The van der Waals surface area contributed by atoms with Gasteiger partial charge in [-0.1, -0.05) is 32.4 Å². The Morgan fingerprint density at radius 2 is 1.87 bits per heavy atom. The maximum absolute atomic E-state index is 15.1. The Labute approximate surface area is 361 Å². The smallest absolute Gasteiger partial charge is 0.408 e. The number of halogens is 2. The van der Waals surface area contributed by atoms with Gasteiger partial charge in [0.15, 0.2) is 5.60 Å². The van der Waals surface area contributed by atoms with E-state index in [-0.39, 0.29) is 31.2 Å². The zero-order valence-corrected chi connectivity index (χ0v) is 37.3. The maximum atomic E-state index is 15.1. The number of hydrogen-bond donors (Lipinski definition) is 3. The van der Waals surface area contributed by atoms with E-state index in [1.165, 1.54) is 4.90 Å². The number of carbonyl (C=O) groups excluding carboxylic acids is 4. The molecule has 62 heavy (non-hydrogen) atoms. The lowest BCUT2D eigenvalue weighted by molar-refractivity contribution is -0.152. The highest BCUT2D eigenvalue weighted by molar-refractivity contribution is 7.91. The molecule has 7 rings (SSSR count). The Bertz CT molecular complexity index is 2250. The summed E-state index contributed by atoms with van der Waals surface area (Å²) in [5.41, 5.74) is -2.96. The van der Waals surface area contributed by atoms with Crippen LogP contribution in [-0.2, 0) is 35.6 Å². The van der Waals surface area contributed by atoms with Gasteiger partial charge in [-0.3, -0.25) is 19.1 Å². The summed E-state index contributed by atoms with van der Waals surface area (Å²) in [4.78, 5) is 63.5. The predicted molar refractivity (Wildman–Crippen MR) is 224 cm³/mol. The summed E-state index contributed by atoms with van der Waals surface area (Å²) in [7, 11) is -2.50. The normalized spacial score (nSPS) is 29.3. The molecule has 18 heteroatoms. The van der Waals surface area contributed by atoms with E-state index in [4.69, 9.17) is 23.9 Å². The first-order valence-electron chi connectivity index (χ1n) is 21.7. The van der Waals surface area contributed by atoms with Gasteiger partial charge in [0.05, 0.1) is 25.0 Å². The molecule has 5 aliphatic rings. The quantitative estimate of drug-likeness (QED) is 0.247. The van der Waals surface area contributed by atoms with Gasteiger partial charge in [-0.15, -0.1) is 0 Å². The number of methoxy groups -OCH3 is 1. The van der Waals surface area contributed by atoms with E-state index in [0.717, 1.165) is 31.2 Å². The van der Waals surface area contributed by atoms with E-state index in [9.17, 15) is 31.6 Å². The van der Waals surface area contributed by atoms with Gasteiger partial charge in [0, 0.05) is 30.2 Å². The highest BCUT2D eigenvalue weighted by Crippen LogP contribution is 2.48. The molecule has 1 aromatic carbocycles. The van der Waals surface area contributed by atoms with E-state index >= 15 is 4.79 Å². The molecule has 1 aromatic heterocycles. The summed E-state index contributed by atoms with van der Waals surface area (Å²) < 4.78 is 80.1. The first-order valence-corrected chi connectivity index (χ1v) is 23.1. The number of carbonyl (C=O) groups is 4. The van der Waals surface area contributed by atoms with E-state index in [0.29, 0.717) is 75.5 Å². The summed E-state index contributed by atoms with van der Waals surface area (Å²) >= 11 is 0. The molecule has 0 unspecified atom stereocenters. The van der Waals surface area contributed by atoms with E-state index in [1.807, 2.05) is 38.1 Å². The van der Waals surface area contributed by atoms with Crippen molar-refractivity contribution in [2.45, 2.75) is 146 Å². The van der Waals surface area contributed by atoms with E-state index in [1.54, 1.807) is 20.1 Å². The SMILES string of the molecule is CC[C@@H]1C[C@H](C)CC/C=C\[C@@H]2C[C@@]2(C(=O)NS(=O)(=O)C2(C)CC2)NC(=O)[C@@H]2C[C@@H](Oc3nc4c(c5cc(OC)ccc35)CCCO4)CN2C(=O)[C@H]1NC(=O)OC(C)(C)C(C)(F)F. The minimum atomic E-state index is -4.07. The van der Waals surface area contributed by atoms with Crippen LogP contribution in [-0.4, -0.2) is 102 Å².